The van der Waals surface area contributed by atoms with Crippen molar-refractivity contribution >= 4 is 0 Å². The highest BCUT2D eigenvalue weighted by Crippen LogP contribution is 2.19. The second kappa shape index (κ2) is 3.74. The van der Waals surface area contributed by atoms with E-state index in [2.05, 4.69) is 37.9 Å². The van der Waals surface area contributed by atoms with Crippen molar-refractivity contribution in [2.24, 2.45) is 5.92 Å². The smallest absolute Gasteiger partial charge is 0.0524 e. The molecule has 0 amide bonds. The minimum absolute atomic E-state index is 0.581. The van der Waals surface area contributed by atoms with Crippen LogP contribution in [-0.2, 0) is 6.42 Å². The lowest BCUT2D eigenvalue weighted by molar-refractivity contribution is 0.626. The third-order valence-corrected chi connectivity index (χ3v) is 1.99. The molecule has 12 heavy (non-hydrogen) atoms. The topological polar surface area (TPSA) is 28.7 Å². The van der Waals surface area contributed by atoms with Crippen LogP contribution >= 0.6 is 0 Å². The van der Waals surface area contributed by atoms with Crippen LogP contribution in [-0.4, -0.2) is 10.2 Å². The number of aromatic nitrogens is 2. The summed E-state index contributed by atoms with van der Waals surface area (Å²) in [7, 11) is 0. The summed E-state index contributed by atoms with van der Waals surface area (Å²) in [6, 6.07) is 0. The first-order valence-corrected chi connectivity index (χ1v) is 4.63. The molecule has 1 heterocycles. The monoisotopic (exact) mass is 166 g/mol. The van der Waals surface area contributed by atoms with Crippen LogP contribution in [0.2, 0.25) is 0 Å². The maximum Gasteiger partial charge on any atom is 0.0524 e. The molecule has 1 aromatic heterocycles. The van der Waals surface area contributed by atoms with Gasteiger partial charge >= 0.3 is 0 Å². The van der Waals surface area contributed by atoms with Crippen LogP contribution in [0.1, 0.15) is 44.9 Å². The van der Waals surface area contributed by atoms with Crippen LogP contribution in [0.5, 0.6) is 0 Å². The molecule has 0 aromatic carbocycles. The molecule has 0 aliphatic rings. The molecule has 1 aromatic rings. The highest BCUT2D eigenvalue weighted by molar-refractivity contribution is 5.20. The normalized spacial score (nSPS) is 11.5. The van der Waals surface area contributed by atoms with Crippen molar-refractivity contribution in [2.45, 2.75) is 40.0 Å². The summed E-state index contributed by atoms with van der Waals surface area (Å²) in [4.78, 5) is 0. The lowest BCUT2D eigenvalue weighted by Crippen LogP contribution is -1.99. The van der Waals surface area contributed by atoms with Gasteiger partial charge < -0.3 is 0 Å². The molecule has 0 aliphatic heterocycles. The van der Waals surface area contributed by atoms with Crippen LogP contribution in [0.4, 0.5) is 0 Å². The lowest BCUT2D eigenvalue weighted by atomic mass is 9.99. The Balaban J connectivity index is 2.77. The molecular weight excluding hydrogens is 148 g/mol. The van der Waals surface area contributed by atoms with Crippen molar-refractivity contribution in [3.63, 3.8) is 0 Å². The summed E-state index contributed by atoms with van der Waals surface area (Å²) in [5.41, 5.74) is 2.67. The van der Waals surface area contributed by atoms with Gasteiger partial charge in [0, 0.05) is 5.69 Å². The van der Waals surface area contributed by atoms with Crippen molar-refractivity contribution in [2.75, 3.05) is 0 Å². The SMILES string of the molecule is CC(C)Cc1[nH]ncc1C(C)C. The van der Waals surface area contributed by atoms with E-state index in [1.165, 1.54) is 11.3 Å². The van der Waals surface area contributed by atoms with Crippen molar-refractivity contribution in [1.29, 1.82) is 0 Å². The minimum Gasteiger partial charge on any atom is -0.282 e. The first kappa shape index (κ1) is 9.30. The molecular formula is C10H18N2. The quantitative estimate of drug-likeness (QED) is 0.734. The summed E-state index contributed by atoms with van der Waals surface area (Å²) in [5, 5.41) is 7.14. The fraction of sp³-hybridized carbons (Fsp3) is 0.700. The van der Waals surface area contributed by atoms with E-state index < -0.39 is 0 Å². The highest BCUT2D eigenvalue weighted by atomic mass is 15.1. The van der Waals surface area contributed by atoms with E-state index in [0.717, 1.165) is 6.42 Å². The van der Waals surface area contributed by atoms with Gasteiger partial charge in [-0.25, -0.2) is 0 Å². The van der Waals surface area contributed by atoms with Crippen molar-refractivity contribution in [3.8, 4) is 0 Å². The standard InChI is InChI=1S/C10H18N2/c1-7(2)5-10-9(8(3)4)6-11-12-10/h6-8H,5H2,1-4H3,(H,11,12). The van der Waals surface area contributed by atoms with Gasteiger partial charge in [0.1, 0.15) is 0 Å². The largest absolute Gasteiger partial charge is 0.282 e. The molecule has 0 atom stereocenters. The molecule has 2 heteroatoms. The van der Waals surface area contributed by atoms with Gasteiger partial charge in [0.15, 0.2) is 0 Å². The second-order valence-corrected chi connectivity index (χ2v) is 4.06. The molecule has 0 saturated carbocycles. The fourth-order valence-corrected chi connectivity index (χ4v) is 1.39. The van der Waals surface area contributed by atoms with Gasteiger partial charge in [0.25, 0.3) is 0 Å². The zero-order valence-corrected chi connectivity index (χ0v) is 8.39. The summed E-state index contributed by atoms with van der Waals surface area (Å²) in [6.45, 7) is 8.86. The Hall–Kier alpha value is -0.790. The number of nitrogens with zero attached hydrogens (tertiary/aromatic N) is 1. The minimum atomic E-state index is 0.581. The Morgan fingerprint density at radius 2 is 2.00 bits per heavy atom. The molecule has 1 rings (SSSR count). The van der Waals surface area contributed by atoms with Crippen LogP contribution in [0.15, 0.2) is 6.20 Å². The lowest BCUT2D eigenvalue weighted by Gasteiger charge is -2.07. The number of hydrogen-bond donors (Lipinski definition) is 1. The number of rotatable bonds is 3. The van der Waals surface area contributed by atoms with Crippen LogP contribution in [0.3, 0.4) is 0 Å². The summed E-state index contributed by atoms with van der Waals surface area (Å²) >= 11 is 0. The Kier molecular flexibility index (Phi) is 2.90. The molecule has 1 N–H and O–H groups in total. The number of H-pyrrole nitrogens is 1. The molecule has 0 unspecified atom stereocenters. The van der Waals surface area contributed by atoms with Gasteiger partial charge in [-0.3, -0.25) is 5.10 Å². The van der Waals surface area contributed by atoms with Crippen molar-refractivity contribution in [1.82, 2.24) is 10.2 Å². The van der Waals surface area contributed by atoms with Crippen LogP contribution in [0, 0.1) is 5.92 Å². The van der Waals surface area contributed by atoms with Crippen molar-refractivity contribution < 1.29 is 0 Å². The Morgan fingerprint density at radius 3 is 2.50 bits per heavy atom. The summed E-state index contributed by atoms with van der Waals surface area (Å²) < 4.78 is 0. The van der Waals surface area contributed by atoms with Crippen LogP contribution < -0.4 is 0 Å². The molecule has 0 spiro atoms. The number of aromatic amines is 1. The third-order valence-electron chi connectivity index (χ3n) is 1.99. The molecule has 0 aliphatic carbocycles. The maximum atomic E-state index is 4.07. The fourth-order valence-electron chi connectivity index (χ4n) is 1.39. The first-order valence-electron chi connectivity index (χ1n) is 4.63. The Bertz CT molecular complexity index is 236. The number of hydrogen-bond acceptors (Lipinski definition) is 1. The average molecular weight is 166 g/mol. The first-order chi connectivity index (χ1) is 5.61. The maximum absolute atomic E-state index is 4.07. The molecule has 0 saturated heterocycles. The van der Waals surface area contributed by atoms with E-state index in [1.54, 1.807) is 0 Å². The predicted molar refractivity (Wildman–Crippen MR) is 51.2 cm³/mol. The highest BCUT2D eigenvalue weighted by Gasteiger charge is 2.09. The van der Waals surface area contributed by atoms with Crippen molar-refractivity contribution in [3.05, 3.63) is 17.5 Å². The van der Waals surface area contributed by atoms with Gasteiger partial charge in [-0.15, -0.1) is 0 Å². The Labute approximate surface area is 74.4 Å². The van der Waals surface area contributed by atoms with Crippen LogP contribution in [0.25, 0.3) is 0 Å². The van der Waals surface area contributed by atoms with E-state index in [0.29, 0.717) is 11.8 Å². The molecule has 0 radical (unpaired) electrons. The summed E-state index contributed by atoms with van der Waals surface area (Å²) in [5.74, 6) is 1.28. The Morgan fingerprint density at radius 1 is 1.33 bits per heavy atom. The van der Waals surface area contributed by atoms with E-state index in [9.17, 15) is 0 Å². The molecule has 68 valence electrons. The summed E-state index contributed by atoms with van der Waals surface area (Å²) in [6.07, 6.45) is 3.05. The zero-order valence-electron chi connectivity index (χ0n) is 8.39. The average Bonchev–Trinajstić information content (AvgIpc) is 2.33. The number of nitrogens with one attached hydrogen (secondary N) is 1. The third kappa shape index (κ3) is 2.10. The van der Waals surface area contributed by atoms with E-state index in [1.807, 2.05) is 6.20 Å². The van der Waals surface area contributed by atoms with Gasteiger partial charge in [0.05, 0.1) is 6.20 Å². The van der Waals surface area contributed by atoms with E-state index >= 15 is 0 Å². The second-order valence-electron chi connectivity index (χ2n) is 4.06. The molecule has 0 bridgehead atoms. The van der Waals surface area contributed by atoms with Gasteiger partial charge in [-0.2, -0.15) is 5.10 Å². The van der Waals surface area contributed by atoms with Gasteiger partial charge in [-0.05, 0) is 23.8 Å². The van der Waals surface area contributed by atoms with E-state index in [4.69, 9.17) is 0 Å². The predicted octanol–water partition coefficient (Wildman–Crippen LogP) is 2.73. The van der Waals surface area contributed by atoms with Gasteiger partial charge in [-0.1, -0.05) is 27.7 Å². The zero-order chi connectivity index (χ0) is 9.14. The molecule has 2 nitrogen and oxygen atoms in total. The molecule has 0 fully saturated rings. The van der Waals surface area contributed by atoms with Gasteiger partial charge in [0.2, 0.25) is 0 Å². The van der Waals surface area contributed by atoms with E-state index in [-0.39, 0.29) is 0 Å².